The highest BCUT2D eigenvalue weighted by Gasteiger charge is 2.15. The van der Waals surface area contributed by atoms with Crippen LogP contribution in [0.5, 0.6) is 5.75 Å². The Morgan fingerprint density at radius 3 is 1.93 bits per heavy atom. The molecule has 0 unspecified atom stereocenters. The average Bonchev–Trinajstić information content (AvgIpc) is 2.90. The molecule has 1 aromatic carbocycles. The van der Waals surface area contributed by atoms with Crippen molar-refractivity contribution in [3.05, 3.63) is 42.0 Å². The Labute approximate surface area is 243 Å². The second kappa shape index (κ2) is 23.8. The number of benzene rings is 1. The molecule has 0 atom stereocenters. The van der Waals surface area contributed by atoms with E-state index in [-0.39, 0.29) is 31.6 Å². The number of methoxy groups -OCH3 is 1. The predicted molar refractivity (Wildman–Crippen MR) is 157 cm³/mol. The van der Waals surface area contributed by atoms with Gasteiger partial charge in [-0.2, -0.15) is 0 Å². The Morgan fingerprint density at radius 1 is 0.878 bits per heavy atom. The van der Waals surface area contributed by atoms with Crippen LogP contribution in [-0.2, 0) is 28.7 Å². The molecule has 0 fully saturated rings. The average molecular weight is 581 g/mol. The molecule has 1 rings (SSSR count). The zero-order valence-corrected chi connectivity index (χ0v) is 25.7. The monoisotopic (exact) mass is 580 g/mol. The fourth-order valence-electron chi connectivity index (χ4n) is 2.31. The van der Waals surface area contributed by atoms with E-state index >= 15 is 0 Å². The molecule has 41 heavy (non-hydrogen) atoms. The second-order valence-corrected chi connectivity index (χ2v) is 9.51. The topological polar surface area (TPSA) is 161 Å². The molecule has 1 aromatic rings. The number of nitrogens with one attached hydrogen (secondary N) is 4. The normalized spacial score (nSPS) is 10.0. The number of hydrogen-bond donors (Lipinski definition) is 4. The van der Waals surface area contributed by atoms with Crippen molar-refractivity contribution in [1.29, 1.82) is 0 Å². The van der Waals surface area contributed by atoms with Crippen LogP contribution in [-0.4, -0.2) is 75.3 Å². The summed E-state index contributed by atoms with van der Waals surface area (Å²) in [5, 5.41) is 9.45. The first-order valence-electron chi connectivity index (χ1n) is 13.4. The number of unbranched alkanes of at least 4 members (excludes halogenated alkanes) is 1. The summed E-state index contributed by atoms with van der Waals surface area (Å²) in [6.45, 7) is 13.6. The Hall–Kier alpha value is -4.09. The van der Waals surface area contributed by atoms with E-state index in [1.165, 1.54) is 19.6 Å². The van der Waals surface area contributed by atoms with Crippen LogP contribution in [0.15, 0.2) is 36.4 Å². The standard InChI is InChI=1S/C11H14O.C9H15N3O5.C9H19NO2/c1-3-4-9-12-11-7-5-10(2)6-8-11;1-6(13)10-3-7(14)11-4-8(15)12-5-9(16)17-2;1-5-6-7-10-8(11)12-9(2,3)4/h3-8H,9H2,1-2H3;3-5H2,1-2H3,(H,10,13)(H,11,14)(H,12,15);5-7H2,1-4H3,(H,10,11)/b4-3-;;. The molecule has 0 spiro atoms. The molecule has 232 valence electrons. The first kappa shape index (κ1) is 39.1. The number of hydrogen-bond acceptors (Lipinski definition) is 8. The van der Waals surface area contributed by atoms with E-state index in [4.69, 9.17) is 9.47 Å². The maximum Gasteiger partial charge on any atom is 0.407 e. The fourth-order valence-corrected chi connectivity index (χ4v) is 2.31. The van der Waals surface area contributed by atoms with Gasteiger partial charge in [-0.15, -0.1) is 0 Å². The van der Waals surface area contributed by atoms with Crippen molar-refractivity contribution in [3.63, 3.8) is 0 Å². The summed E-state index contributed by atoms with van der Waals surface area (Å²) < 4.78 is 14.8. The largest absolute Gasteiger partial charge is 0.490 e. The maximum absolute atomic E-state index is 11.1. The molecular formula is C29H48N4O8. The van der Waals surface area contributed by atoms with Crippen molar-refractivity contribution in [2.75, 3.05) is 39.9 Å². The molecule has 0 aliphatic heterocycles. The lowest BCUT2D eigenvalue weighted by molar-refractivity contribution is -0.141. The van der Waals surface area contributed by atoms with Crippen LogP contribution in [0.4, 0.5) is 4.79 Å². The Bertz CT molecular complexity index is 941. The van der Waals surface area contributed by atoms with Gasteiger partial charge < -0.3 is 35.5 Å². The van der Waals surface area contributed by atoms with E-state index in [0.717, 1.165) is 18.6 Å². The van der Waals surface area contributed by atoms with Crippen molar-refractivity contribution in [1.82, 2.24) is 21.3 Å². The molecule has 0 heterocycles. The van der Waals surface area contributed by atoms with Crippen molar-refractivity contribution in [3.8, 4) is 5.75 Å². The summed E-state index contributed by atoms with van der Waals surface area (Å²) in [5.74, 6) is -1.00. The molecule has 0 saturated heterocycles. The van der Waals surface area contributed by atoms with Gasteiger partial charge in [0.2, 0.25) is 17.7 Å². The highest BCUT2D eigenvalue weighted by atomic mass is 16.6. The zero-order valence-electron chi connectivity index (χ0n) is 25.7. The molecule has 0 aliphatic rings. The zero-order chi connectivity index (χ0) is 31.7. The van der Waals surface area contributed by atoms with Crippen LogP contribution in [0.1, 0.15) is 59.9 Å². The third-order valence-electron chi connectivity index (χ3n) is 4.40. The Kier molecular flexibility index (Phi) is 22.6. The van der Waals surface area contributed by atoms with Gasteiger partial charge in [0.05, 0.1) is 20.2 Å². The summed E-state index contributed by atoms with van der Waals surface area (Å²) in [6.07, 6.45) is 5.72. The molecule has 12 heteroatoms. The van der Waals surface area contributed by atoms with Gasteiger partial charge in [0.25, 0.3) is 0 Å². The van der Waals surface area contributed by atoms with E-state index in [9.17, 15) is 24.0 Å². The Balaban J connectivity index is 0. The number of rotatable bonds is 12. The molecule has 0 saturated carbocycles. The molecule has 4 amide bonds. The molecule has 0 radical (unpaired) electrons. The summed E-state index contributed by atoms with van der Waals surface area (Å²) in [5.41, 5.74) is 0.865. The van der Waals surface area contributed by atoms with Crippen LogP contribution in [0.2, 0.25) is 0 Å². The summed E-state index contributed by atoms with van der Waals surface area (Å²) in [6, 6.07) is 8.06. The lowest BCUT2D eigenvalue weighted by Gasteiger charge is -2.19. The van der Waals surface area contributed by atoms with Gasteiger partial charge in [-0.3, -0.25) is 19.2 Å². The van der Waals surface area contributed by atoms with Gasteiger partial charge in [-0.25, -0.2) is 4.79 Å². The highest BCUT2D eigenvalue weighted by Crippen LogP contribution is 2.11. The summed E-state index contributed by atoms with van der Waals surface area (Å²) in [4.78, 5) is 54.3. The van der Waals surface area contributed by atoms with Crippen LogP contribution in [0, 0.1) is 6.92 Å². The second-order valence-electron chi connectivity index (χ2n) is 9.51. The maximum atomic E-state index is 11.1. The number of amides is 4. The summed E-state index contributed by atoms with van der Waals surface area (Å²) in [7, 11) is 1.20. The Morgan fingerprint density at radius 2 is 1.44 bits per heavy atom. The number of allylic oxidation sites excluding steroid dienone is 1. The van der Waals surface area contributed by atoms with Crippen LogP contribution < -0.4 is 26.0 Å². The first-order chi connectivity index (χ1) is 19.2. The van der Waals surface area contributed by atoms with Gasteiger partial charge in [0.15, 0.2) is 0 Å². The van der Waals surface area contributed by atoms with Crippen molar-refractivity contribution >= 4 is 29.8 Å². The third-order valence-corrected chi connectivity index (χ3v) is 4.40. The number of carbonyl (C=O) groups excluding carboxylic acids is 5. The lowest BCUT2D eigenvalue weighted by Crippen LogP contribution is -2.42. The van der Waals surface area contributed by atoms with E-state index in [2.05, 4.69) is 39.9 Å². The van der Waals surface area contributed by atoms with Crippen molar-refractivity contribution in [2.24, 2.45) is 0 Å². The molecular weight excluding hydrogens is 532 g/mol. The molecule has 0 aliphatic carbocycles. The van der Waals surface area contributed by atoms with Crippen molar-refractivity contribution < 1.29 is 38.2 Å². The molecule has 0 bridgehead atoms. The SMILES string of the molecule is C/C=C\COc1ccc(C)cc1.CCCCNC(=O)OC(C)(C)C.COC(=O)CNC(=O)CNC(=O)CNC(C)=O. The third kappa shape index (κ3) is 28.7. The van der Waals surface area contributed by atoms with E-state index in [1.54, 1.807) is 0 Å². The van der Waals surface area contributed by atoms with Crippen LogP contribution in [0.25, 0.3) is 0 Å². The number of esters is 1. The highest BCUT2D eigenvalue weighted by molar-refractivity contribution is 5.88. The number of aryl methyl sites for hydroxylation is 1. The lowest BCUT2D eigenvalue weighted by atomic mass is 10.2. The minimum atomic E-state index is -0.581. The molecule has 12 nitrogen and oxygen atoms in total. The quantitative estimate of drug-likeness (QED) is 0.167. The van der Waals surface area contributed by atoms with Gasteiger partial charge in [0.1, 0.15) is 24.5 Å². The van der Waals surface area contributed by atoms with E-state index < -0.39 is 23.4 Å². The molecule has 4 N–H and O–H groups in total. The van der Waals surface area contributed by atoms with E-state index in [0.29, 0.717) is 13.2 Å². The minimum Gasteiger partial charge on any atom is -0.490 e. The smallest absolute Gasteiger partial charge is 0.407 e. The van der Waals surface area contributed by atoms with Crippen molar-refractivity contribution in [2.45, 2.75) is 66.9 Å². The number of ether oxygens (including phenoxy) is 3. The van der Waals surface area contributed by atoms with Gasteiger partial charge in [0, 0.05) is 13.5 Å². The van der Waals surface area contributed by atoms with Crippen LogP contribution >= 0.6 is 0 Å². The minimum absolute atomic E-state index is 0.195. The summed E-state index contributed by atoms with van der Waals surface area (Å²) >= 11 is 0. The van der Waals surface area contributed by atoms with Gasteiger partial charge in [-0.05, 0) is 53.2 Å². The van der Waals surface area contributed by atoms with Crippen LogP contribution in [0.3, 0.4) is 0 Å². The number of alkyl carbamates (subject to hydrolysis) is 1. The molecule has 0 aromatic heterocycles. The van der Waals surface area contributed by atoms with Gasteiger partial charge >= 0.3 is 12.1 Å². The van der Waals surface area contributed by atoms with Gasteiger partial charge in [-0.1, -0.05) is 43.2 Å². The first-order valence-corrected chi connectivity index (χ1v) is 13.4. The fraction of sp³-hybridized carbons (Fsp3) is 0.552. The predicted octanol–water partition coefficient (Wildman–Crippen LogP) is 2.79. The number of carbonyl (C=O) groups is 5. The van der Waals surface area contributed by atoms with E-state index in [1.807, 2.05) is 64.1 Å².